The van der Waals surface area contributed by atoms with Crippen LogP contribution in [0, 0.1) is 5.92 Å². The molecule has 1 atom stereocenters. The SMILES string of the molecule is CC(C)[C@H](NC(=O)Cc1ccccc1)C(=O)Nc1ccccc1Oc1ccccc1. The Morgan fingerprint density at radius 2 is 1.43 bits per heavy atom. The third kappa shape index (κ3) is 5.95. The molecule has 0 bridgehead atoms. The van der Waals surface area contributed by atoms with Gasteiger partial charge in [0, 0.05) is 0 Å². The minimum absolute atomic E-state index is 0.0769. The number of hydrogen-bond acceptors (Lipinski definition) is 3. The Labute approximate surface area is 177 Å². The molecular weight excluding hydrogens is 376 g/mol. The van der Waals surface area contributed by atoms with Gasteiger partial charge in [-0.2, -0.15) is 0 Å². The van der Waals surface area contributed by atoms with Crippen molar-refractivity contribution in [1.82, 2.24) is 5.32 Å². The number of carbonyl (C=O) groups excluding carboxylic acids is 2. The molecule has 5 heteroatoms. The number of hydrogen-bond donors (Lipinski definition) is 2. The largest absolute Gasteiger partial charge is 0.455 e. The second-order valence-corrected chi connectivity index (χ2v) is 7.35. The summed E-state index contributed by atoms with van der Waals surface area (Å²) in [7, 11) is 0. The number of para-hydroxylation sites is 3. The van der Waals surface area contributed by atoms with Gasteiger partial charge in [0.1, 0.15) is 11.8 Å². The second kappa shape index (κ2) is 10.3. The predicted octanol–water partition coefficient (Wildman–Crippen LogP) is 4.80. The maximum atomic E-state index is 13.0. The molecule has 30 heavy (non-hydrogen) atoms. The quantitative estimate of drug-likeness (QED) is 0.569. The van der Waals surface area contributed by atoms with Gasteiger partial charge in [-0.3, -0.25) is 9.59 Å². The molecule has 0 saturated carbocycles. The lowest BCUT2D eigenvalue weighted by molar-refractivity contribution is -0.127. The van der Waals surface area contributed by atoms with Gasteiger partial charge in [-0.15, -0.1) is 0 Å². The highest BCUT2D eigenvalue weighted by molar-refractivity contribution is 5.98. The summed E-state index contributed by atoms with van der Waals surface area (Å²) in [5, 5.41) is 5.77. The van der Waals surface area contributed by atoms with E-state index in [9.17, 15) is 9.59 Å². The minimum Gasteiger partial charge on any atom is -0.455 e. The van der Waals surface area contributed by atoms with Crippen LogP contribution in [-0.4, -0.2) is 17.9 Å². The molecule has 3 aromatic rings. The maximum absolute atomic E-state index is 13.0. The molecule has 0 spiro atoms. The van der Waals surface area contributed by atoms with Crippen LogP contribution in [0.2, 0.25) is 0 Å². The van der Waals surface area contributed by atoms with Crippen LogP contribution < -0.4 is 15.4 Å². The van der Waals surface area contributed by atoms with Crippen molar-refractivity contribution in [2.24, 2.45) is 5.92 Å². The van der Waals surface area contributed by atoms with Crippen molar-refractivity contribution in [2.45, 2.75) is 26.3 Å². The van der Waals surface area contributed by atoms with Crippen LogP contribution in [0.3, 0.4) is 0 Å². The molecule has 0 saturated heterocycles. The summed E-state index contributed by atoms with van der Waals surface area (Å²) >= 11 is 0. The van der Waals surface area contributed by atoms with Crippen LogP contribution in [0.1, 0.15) is 19.4 Å². The summed E-state index contributed by atoms with van der Waals surface area (Å²) < 4.78 is 5.91. The normalized spacial score (nSPS) is 11.6. The van der Waals surface area contributed by atoms with Crippen molar-refractivity contribution in [3.8, 4) is 11.5 Å². The van der Waals surface area contributed by atoms with E-state index in [1.165, 1.54) is 0 Å². The summed E-state index contributed by atoms with van der Waals surface area (Å²) in [4.78, 5) is 25.4. The van der Waals surface area contributed by atoms with Gasteiger partial charge in [0.25, 0.3) is 0 Å². The average Bonchev–Trinajstić information content (AvgIpc) is 2.74. The fourth-order valence-electron chi connectivity index (χ4n) is 3.03. The van der Waals surface area contributed by atoms with E-state index < -0.39 is 6.04 Å². The summed E-state index contributed by atoms with van der Waals surface area (Å²) in [6.07, 6.45) is 0.227. The summed E-state index contributed by atoms with van der Waals surface area (Å²) in [5.41, 5.74) is 1.45. The standard InChI is InChI=1S/C25H26N2O3/c1-18(2)24(27-23(28)17-19-11-5-3-6-12-19)25(29)26-21-15-9-10-16-22(21)30-20-13-7-4-8-14-20/h3-16,18,24H,17H2,1-2H3,(H,26,29)(H,27,28)/t24-/m0/s1. The first-order chi connectivity index (χ1) is 14.5. The van der Waals surface area contributed by atoms with Gasteiger partial charge < -0.3 is 15.4 Å². The van der Waals surface area contributed by atoms with Crippen molar-refractivity contribution in [3.05, 3.63) is 90.5 Å². The van der Waals surface area contributed by atoms with E-state index >= 15 is 0 Å². The first-order valence-electron chi connectivity index (χ1n) is 9.99. The van der Waals surface area contributed by atoms with Crippen LogP contribution in [0.25, 0.3) is 0 Å². The minimum atomic E-state index is -0.661. The van der Waals surface area contributed by atoms with Crippen LogP contribution in [-0.2, 0) is 16.0 Å². The van der Waals surface area contributed by atoms with Gasteiger partial charge in [-0.05, 0) is 35.7 Å². The van der Waals surface area contributed by atoms with Crippen LogP contribution in [0.5, 0.6) is 11.5 Å². The molecule has 0 aliphatic carbocycles. The fourth-order valence-corrected chi connectivity index (χ4v) is 3.03. The summed E-state index contributed by atoms with van der Waals surface area (Å²) in [6, 6.07) is 25.4. The Balaban J connectivity index is 1.69. The molecule has 3 aromatic carbocycles. The van der Waals surface area contributed by atoms with E-state index in [1.807, 2.05) is 86.6 Å². The molecule has 5 nitrogen and oxygen atoms in total. The smallest absolute Gasteiger partial charge is 0.247 e. The summed E-state index contributed by atoms with van der Waals surface area (Å²) in [5.74, 6) is 0.664. The molecule has 0 fully saturated rings. The zero-order valence-corrected chi connectivity index (χ0v) is 17.2. The Kier molecular flexibility index (Phi) is 7.22. The topological polar surface area (TPSA) is 67.4 Å². The van der Waals surface area contributed by atoms with Crippen molar-refractivity contribution >= 4 is 17.5 Å². The van der Waals surface area contributed by atoms with Gasteiger partial charge in [0.15, 0.2) is 5.75 Å². The second-order valence-electron chi connectivity index (χ2n) is 7.35. The molecule has 0 heterocycles. The number of nitrogens with one attached hydrogen (secondary N) is 2. The lowest BCUT2D eigenvalue weighted by Gasteiger charge is -2.22. The van der Waals surface area contributed by atoms with Crippen LogP contribution in [0.15, 0.2) is 84.9 Å². The van der Waals surface area contributed by atoms with Gasteiger partial charge >= 0.3 is 0 Å². The van der Waals surface area contributed by atoms with E-state index in [1.54, 1.807) is 12.1 Å². The number of anilines is 1. The van der Waals surface area contributed by atoms with Gasteiger partial charge in [-0.25, -0.2) is 0 Å². The highest BCUT2D eigenvalue weighted by atomic mass is 16.5. The molecule has 154 valence electrons. The molecule has 0 aliphatic heterocycles. The van der Waals surface area contributed by atoms with Gasteiger partial charge in [-0.1, -0.05) is 74.5 Å². The van der Waals surface area contributed by atoms with Crippen molar-refractivity contribution < 1.29 is 14.3 Å². The van der Waals surface area contributed by atoms with Crippen LogP contribution >= 0.6 is 0 Å². The Hall–Kier alpha value is -3.60. The van der Waals surface area contributed by atoms with E-state index in [4.69, 9.17) is 4.74 Å². The monoisotopic (exact) mass is 402 g/mol. The van der Waals surface area contributed by atoms with E-state index in [-0.39, 0.29) is 24.2 Å². The van der Waals surface area contributed by atoms with Crippen molar-refractivity contribution in [2.75, 3.05) is 5.32 Å². The molecular formula is C25H26N2O3. The zero-order valence-electron chi connectivity index (χ0n) is 17.2. The number of benzene rings is 3. The number of rotatable bonds is 8. The molecule has 0 aromatic heterocycles. The lowest BCUT2D eigenvalue weighted by atomic mass is 10.0. The van der Waals surface area contributed by atoms with E-state index in [0.29, 0.717) is 17.2 Å². The fraction of sp³-hybridized carbons (Fsp3) is 0.200. The Morgan fingerprint density at radius 1 is 0.833 bits per heavy atom. The number of carbonyl (C=O) groups is 2. The van der Waals surface area contributed by atoms with Crippen LogP contribution in [0.4, 0.5) is 5.69 Å². The third-order valence-corrected chi connectivity index (χ3v) is 4.59. The number of ether oxygens (including phenoxy) is 1. The summed E-state index contributed by atoms with van der Waals surface area (Å²) in [6.45, 7) is 3.80. The molecule has 0 unspecified atom stereocenters. The third-order valence-electron chi connectivity index (χ3n) is 4.59. The van der Waals surface area contributed by atoms with E-state index in [0.717, 1.165) is 5.56 Å². The molecule has 2 amide bonds. The molecule has 0 radical (unpaired) electrons. The molecule has 0 aliphatic rings. The number of amides is 2. The Bertz CT molecular complexity index is 972. The zero-order chi connectivity index (χ0) is 21.3. The highest BCUT2D eigenvalue weighted by Crippen LogP contribution is 2.29. The van der Waals surface area contributed by atoms with Crippen molar-refractivity contribution in [1.29, 1.82) is 0 Å². The average molecular weight is 402 g/mol. The van der Waals surface area contributed by atoms with E-state index in [2.05, 4.69) is 10.6 Å². The highest BCUT2D eigenvalue weighted by Gasteiger charge is 2.25. The molecule has 3 rings (SSSR count). The Morgan fingerprint density at radius 3 is 2.10 bits per heavy atom. The van der Waals surface area contributed by atoms with Gasteiger partial charge in [0.2, 0.25) is 11.8 Å². The maximum Gasteiger partial charge on any atom is 0.247 e. The first-order valence-corrected chi connectivity index (χ1v) is 9.99. The lowest BCUT2D eigenvalue weighted by Crippen LogP contribution is -2.47. The van der Waals surface area contributed by atoms with Crippen molar-refractivity contribution in [3.63, 3.8) is 0 Å². The first kappa shape index (κ1) is 21.1. The predicted molar refractivity (Wildman–Crippen MR) is 119 cm³/mol. The molecule has 2 N–H and O–H groups in total. The van der Waals surface area contributed by atoms with Gasteiger partial charge in [0.05, 0.1) is 12.1 Å².